The van der Waals surface area contributed by atoms with E-state index in [1.54, 1.807) is 12.3 Å². The molecule has 0 saturated heterocycles. The van der Waals surface area contributed by atoms with Gasteiger partial charge in [-0.3, -0.25) is 0 Å². The molecule has 0 unspecified atom stereocenters. The number of pyridine rings is 1. The van der Waals surface area contributed by atoms with Crippen LogP contribution in [0.4, 0.5) is 5.82 Å². The molecule has 0 fully saturated rings. The topological polar surface area (TPSA) is 78.6 Å². The molecule has 6 nitrogen and oxygen atoms in total. The van der Waals surface area contributed by atoms with Crippen molar-refractivity contribution in [3.63, 3.8) is 0 Å². The van der Waals surface area contributed by atoms with Crippen molar-refractivity contribution in [2.45, 2.75) is 6.61 Å². The average Bonchev–Trinajstić information content (AvgIpc) is 2.93. The number of fused-ring (bicyclic) bond motifs is 1. The number of nitrogens with zero attached hydrogens (tertiary/aromatic N) is 1. The molecule has 0 aliphatic carbocycles. The Morgan fingerprint density at radius 2 is 2.16 bits per heavy atom. The van der Waals surface area contributed by atoms with Crippen molar-refractivity contribution in [1.82, 2.24) is 4.98 Å². The lowest BCUT2D eigenvalue weighted by atomic mass is 10.2. The van der Waals surface area contributed by atoms with E-state index in [0.717, 1.165) is 11.3 Å². The summed E-state index contributed by atoms with van der Waals surface area (Å²) in [6.45, 7) is 0.621. The summed E-state index contributed by atoms with van der Waals surface area (Å²) in [6, 6.07) is 9.19. The van der Waals surface area contributed by atoms with Crippen molar-refractivity contribution < 1.29 is 14.2 Å². The lowest BCUT2D eigenvalue weighted by Gasteiger charge is -2.09. The van der Waals surface area contributed by atoms with Crippen LogP contribution in [0.15, 0.2) is 36.5 Å². The molecule has 1 aliphatic heterocycles. The third-order valence-corrected chi connectivity index (χ3v) is 2.77. The molecule has 0 radical (unpaired) electrons. The molecule has 0 atom stereocenters. The predicted octanol–water partition coefficient (Wildman–Crippen LogP) is 1.67. The summed E-state index contributed by atoms with van der Waals surface area (Å²) in [4.78, 5) is 4.11. The second-order valence-electron chi connectivity index (χ2n) is 3.96. The molecule has 0 bridgehead atoms. The second-order valence-corrected chi connectivity index (χ2v) is 3.96. The van der Waals surface area contributed by atoms with Gasteiger partial charge in [0.25, 0.3) is 0 Å². The van der Waals surface area contributed by atoms with E-state index >= 15 is 0 Å². The molecule has 3 N–H and O–H groups in total. The summed E-state index contributed by atoms with van der Waals surface area (Å²) in [6.07, 6.45) is 1.67. The number of nitrogens with two attached hydrogens (primary N) is 1. The fraction of sp³-hybridized carbons (Fsp3) is 0.154. The number of anilines is 1. The first-order chi connectivity index (χ1) is 9.36. The summed E-state index contributed by atoms with van der Waals surface area (Å²) in [5.74, 6) is 8.12. The molecule has 3 rings (SSSR count). The number of hydrazine groups is 1. The van der Waals surface area contributed by atoms with Gasteiger partial charge in [0, 0.05) is 17.8 Å². The van der Waals surface area contributed by atoms with Gasteiger partial charge in [-0.15, -0.1) is 0 Å². The minimum absolute atomic E-state index is 0.253. The van der Waals surface area contributed by atoms with Crippen LogP contribution in [-0.4, -0.2) is 11.8 Å². The van der Waals surface area contributed by atoms with Gasteiger partial charge in [-0.05, 0) is 18.2 Å². The van der Waals surface area contributed by atoms with Gasteiger partial charge in [-0.2, -0.15) is 0 Å². The van der Waals surface area contributed by atoms with E-state index in [0.29, 0.717) is 23.9 Å². The normalized spacial score (nSPS) is 12.3. The smallest absolute Gasteiger partial charge is 0.231 e. The lowest BCUT2D eigenvalue weighted by Crippen LogP contribution is -2.12. The van der Waals surface area contributed by atoms with E-state index in [1.807, 2.05) is 24.3 Å². The molecule has 1 aromatic heterocycles. The molecule has 0 amide bonds. The summed E-state index contributed by atoms with van der Waals surface area (Å²) < 4.78 is 16.2. The Kier molecular flexibility index (Phi) is 3.07. The van der Waals surface area contributed by atoms with Crippen LogP contribution < -0.4 is 25.5 Å². The minimum Gasteiger partial charge on any atom is -0.489 e. The Hall–Kier alpha value is -2.47. The van der Waals surface area contributed by atoms with Crippen molar-refractivity contribution in [1.29, 1.82) is 0 Å². The predicted molar refractivity (Wildman–Crippen MR) is 68.9 cm³/mol. The van der Waals surface area contributed by atoms with Crippen LogP contribution in [0.1, 0.15) is 5.56 Å². The fourth-order valence-electron chi connectivity index (χ4n) is 1.81. The Balaban J connectivity index is 1.72. The van der Waals surface area contributed by atoms with Crippen LogP contribution in [0.3, 0.4) is 0 Å². The number of benzene rings is 1. The first-order valence-corrected chi connectivity index (χ1v) is 5.80. The van der Waals surface area contributed by atoms with Gasteiger partial charge >= 0.3 is 0 Å². The third kappa shape index (κ3) is 2.38. The van der Waals surface area contributed by atoms with Crippen LogP contribution in [-0.2, 0) is 6.61 Å². The van der Waals surface area contributed by atoms with E-state index < -0.39 is 0 Å². The zero-order valence-electron chi connectivity index (χ0n) is 10.1. The maximum Gasteiger partial charge on any atom is 0.231 e. The number of rotatable bonds is 4. The summed E-state index contributed by atoms with van der Waals surface area (Å²) in [5, 5.41) is 0. The van der Waals surface area contributed by atoms with Crippen molar-refractivity contribution in [2.75, 3.05) is 12.2 Å². The largest absolute Gasteiger partial charge is 0.489 e. The van der Waals surface area contributed by atoms with Gasteiger partial charge in [0.1, 0.15) is 18.2 Å². The molecule has 1 aromatic carbocycles. The molecule has 2 aromatic rings. The Bertz CT molecular complexity index is 589. The van der Waals surface area contributed by atoms with Gasteiger partial charge < -0.3 is 19.6 Å². The summed E-state index contributed by atoms with van der Waals surface area (Å²) in [7, 11) is 0. The van der Waals surface area contributed by atoms with Crippen molar-refractivity contribution in [3.8, 4) is 17.2 Å². The van der Waals surface area contributed by atoms with Crippen LogP contribution in [0, 0.1) is 0 Å². The second kappa shape index (κ2) is 5.03. The molecule has 1 aliphatic rings. The highest BCUT2D eigenvalue weighted by Gasteiger charge is 2.13. The number of aromatic nitrogens is 1. The minimum atomic E-state index is 0.253. The van der Waals surface area contributed by atoms with Gasteiger partial charge in [0.05, 0.1) is 0 Å². The number of hydrogen-bond donors (Lipinski definition) is 2. The molecule has 19 heavy (non-hydrogen) atoms. The zero-order valence-corrected chi connectivity index (χ0v) is 10.1. The molecule has 6 heteroatoms. The van der Waals surface area contributed by atoms with Gasteiger partial charge in [0.15, 0.2) is 11.5 Å². The quantitative estimate of drug-likeness (QED) is 0.642. The lowest BCUT2D eigenvalue weighted by molar-refractivity contribution is 0.173. The Morgan fingerprint density at radius 3 is 3.05 bits per heavy atom. The van der Waals surface area contributed by atoms with Crippen LogP contribution in [0.25, 0.3) is 0 Å². The maximum absolute atomic E-state index is 5.69. The Labute approximate surface area is 110 Å². The van der Waals surface area contributed by atoms with Gasteiger partial charge in [-0.25, -0.2) is 10.8 Å². The van der Waals surface area contributed by atoms with Crippen LogP contribution in [0.2, 0.25) is 0 Å². The monoisotopic (exact) mass is 259 g/mol. The maximum atomic E-state index is 5.69. The van der Waals surface area contributed by atoms with E-state index in [9.17, 15) is 0 Å². The summed E-state index contributed by atoms with van der Waals surface area (Å²) in [5.41, 5.74) is 3.42. The SMILES string of the molecule is NNc1ncccc1COc1ccc2c(c1)OCO2. The number of ether oxygens (including phenoxy) is 3. The van der Waals surface area contributed by atoms with E-state index in [-0.39, 0.29) is 6.79 Å². The summed E-state index contributed by atoms with van der Waals surface area (Å²) >= 11 is 0. The molecule has 2 heterocycles. The van der Waals surface area contributed by atoms with Crippen molar-refractivity contribution >= 4 is 5.82 Å². The standard InChI is InChI=1S/C13H13N3O3/c14-16-13-9(2-1-5-15-13)7-17-10-3-4-11-12(6-10)19-8-18-11/h1-6H,7-8,14H2,(H,15,16). The van der Waals surface area contributed by atoms with Crippen LogP contribution in [0.5, 0.6) is 17.2 Å². The van der Waals surface area contributed by atoms with E-state index in [4.69, 9.17) is 20.1 Å². The van der Waals surface area contributed by atoms with Crippen molar-refractivity contribution in [3.05, 3.63) is 42.1 Å². The first-order valence-electron chi connectivity index (χ1n) is 5.80. The highest BCUT2D eigenvalue weighted by atomic mass is 16.7. The van der Waals surface area contributed by atoms with E-state index in [2.05, 4.69) is 10.4 Å². The fourth-order valence-corrected chi connectivity index (χ4v) is 1.81. The number of nitrogen functional groups attached to an aromatic ring is 1. The molecule has 0 spiro atoms. The van der Waals surface area contributed by atoms with Crippen molar-refractivity contribution in [2.24, 2.45) is 5.84 Å². The Morgan fingerprint density at radius 1 is 1.26 bits per heavy atom. The molecule has 0 saturated carbocycles. The number of hydrogen-bond acceptors (Lipinski definition) is 6. The van der Waals surface area contributed by atoms with Gasteiger partial charge in [0.2, 0.25) is 6.79 Å². The zero-order chi connectivity index (χ0) is 13.1. The highest BCUT2D eigenvalue weighted by Crippen LogP contribution is 2.35. The van der Waals surface area contributed by atoms with E-state index in [1.165, 1.54) is 0 Å². The average molecular weight is 259 g/mol. The molecular weight excluding hydrogens is 246 g/mol. The number of nitrogens with one attached hydrogen (secondary N) is 1. The third-order valence-electron chi connectivity index (χ3n) is 2.77. The molecule has 98 valence electrons. The molecular formula is C13H13N3O3. The highest BCUT2D eigenvalue weighted by molar-refractivity contribution is 5.47. The first kappa shape index (κ1) is 11.6. The van der Waals surface area contributed by atoms with Crippen LogP contribution >= 0.6 is 0 Å². The van der Waals surface area contributed by atoms with Gasteiger partial charge in [-0.1, -0.05) is 6.07 Å².